The van der Waals surface area contributed by atoms with Crippen molar-refractivity contribution in [2.45, 2.75) is 268 Å². The van der Waals surface area contributed by atoms with Crippen molar-refractivity contribution in [3.05, 3.63) is 12.2 Å². The van der Waals surface area contributed by atoms with Crippen LogP contribution in [0, 0.1) is 0 Å². The summed E-state index contributed by atoms with van der Waals surface area (Å²) in [6.07, 6.45) is 22.9. The molecular formula is C50H94O14. The Morgan fingerprint density at radius 3 is 1.48 bits per heavy atom. The predicted octanol–water partition coefficient (Wildman–Crippen LogP) is 7.46. The molecule has 2 rings (SSSR count). The molecule has 0 aliphatic carbocycles. The van der Waals surface area contributed by atoms with Crippen molar-refractivity contribution in [2.24, 2.45) is 0 Å². The molecule has 2 aliphatic rings. The number of aliphatic hydroxyl groups is 7. The molecule has 0 amide bonds. The van der Waals surface area contributed by atoms with Crippen LogP contribution in [0.4, 0.5) is 0 Å². The van der Waals surface area contributed by atoms with Gasteiger partial charge in [-0.25, -0.2) is 0 Å². The molecule has 64 heavy (non-hydrogen) atoms. The Balaban J connectivity index is 1.72. The lowest BCUT2D eigenvalue weighted by Gasteiger charge is -2.42. The van der Waals surface area contributed by atoms with E-state index in [1.165, 1.54) is 109 Å². The highest BCUT2D eigenvalue weighted by Gasteiger charge is 2.47. The summed E-state index contributed by atoms with van der Waals surface area (Å²) in [4.78, 5) is 12.9. The van der Waals surface area contributed by atoms with Crippen LogP contribution >= 0.6 is 0 Å². The van der Waals surface area contributed by atoms with E-state index in [0.717, 1.165) is 64.2 Å². The van der Waals surface area contributed by atoms with Crippen molar-refractivity contribution in [1.82, 2.24) is 0 Å². The summed E-state index contributed by atoms with van der Waals surface area (Å²) in [5.74, 6) is -0.384. The number of hydrogen-bond donors (Lipinski definition) is 7. The second-order valence-corrected chi connectivity index (χ2v) is 18.3. The van der Waals surface area contributed by atoms with E-state index in [-0.39, 0.29) is 25.6 Å². The summed E-state index contributed by atoms with van der Waals surface area (Å²) >= 11 is 0. The Hall–Kier alpha value is -1.27. The van der Waals surface area contributed by atoms with E-state index in [1.54, 1.807) is 0 Å². The molecule has 378 valence electrons. The summed E-state index contributed by atoms with van der Waals surface area (Å²) in [6, 6.07) is 0. The number of hydrogen-bond acceptors (Lipinski definition) is 14. The molecule has 14 nitrogen and oxygen atoms in total. The third-order valence-electron chi connectivity index (χ3n) is 12.5. The number of carbonyl (C=O) groups excluding carboxylic acids is 1. The zero-order chi connectivity index (χ0) is 46.6. The van der Waals surface area contributed by atoms with Crippen LogP contribution < -0.4 is 0 Å². The monoisotopic (exact) mass is 919 g/mol. The van der Waals surface area contributed by atoms with Gasteiger partial charge in [0, 0.05) is 13.0 Å². The molecule has 0 spiro atoms. The summed E-state index contributed by atoms with van der Waals surface area (Å²) in [5.41, 5.74) is 0. The fourth-order valence-corrected chi connectivity index (χ4v) is 8.29. The second kappa shape index (κ2) is 38.7. The minimum absolute atomic E-state index is 0.0635. The van der Waals surface area contributed by atoms with Crippen molar-refractivity contribution in [1.29, 1.82) is 0 Å². The van der Waals surface area contributed by atoms with Crippen LogP contribution in [0.1, 0.15) is 200 Å². The molecule has 11 unspecified atom stereocenters. The molecular weight excluding hydrogens is 825 g/mol. The maximum Gasteiger partial charge on any atom is 0.306 e. The maximum atomic E-state index is 12.9. The van der Waals surface area contributed by atoms with E-state index in [9.17, 15) is 40.5 Å². The molecule has 0 bridgehead atoms. The third-order valence-corrected chi connectivity index (χ3v) is 12.5. The predicted molar refractivity (Wildman–Crippen MR) is 247 cm³/mol. The molecule has 7 N–H and O–H groups in total. The number of unbranched alkanes of at least 4 members (excludes halogenated alkanes) is 25. The Labute approximate surface area is 386 Å². The fraction of sp³-hybridized carbons (Fsp3) is 0.940. The molecule has 2 saturated heterocycles. The van der Waals surface area contributed by atoms with E-state index in [1.807, 2.05) is 0 Å². The van der Waals surface area contributed by atoms with Gasteiger partial charge in [-0.1, -0.05) is 174 Å². The molecule has 0 aromatic rings. The first-order chi connectivity index (χ1) is 31.1. The highest BCUT2D eigenvalue weighted by molar-refractivity contribution is 5.69. The van der Waals surface area contributed by atoms with Crippen LogP contribution in [-0.2, 0) is 33.2 Å². The molecule has 2 aliphatic heterocycles. The van der Waals surface area contributed by atoms with E-state index >= 15 is 0 Å². The van der Waals surface area contributed by atoms with Gasteiger partial charge in [0.2, 0.25) is 0 Å². The Morgan fingerprint density at radius 2 is 0.953 bits per heavy atom. The average molecular weight is 919 g/mol. The lowest BCUT2D eigenvalue weighted by atomic mass is 9.98. The molecule has 0 saturated carbocycles. The van der Waals surface area contributed by atoms with E-state index in [0.29, 0.717) is 13.0 Å². The average Bonchev–Trinajstić information content (AvgIpc) is 3.29. The number of allylic oxidation sites excluding steroid dienone is 2. The Morgan fingerprint density at radius 1 is 0.500 bits per heavy atom. The van der Waals surface area contributed by atoms with E-state index in [4.69, 9.17) is 28.4 Å². The summed E-state index contributed by atoms with van der Waals surface area (Å²) in [6.45, 7) is 3.64. The zero-order valence-corrected chi connectivity index (χ0v) is 40.0. The topological polar surface area (TPSA) is 214 Å². The van der Waals surface area contributed by atoms with Gasteiger partial charge >= 0.3 is 5.97 Å². The minimum atomic E-state index is -1.70. The standard InChI is InChI=1S/C50H94O14/c1-3-5-7-9-11-13-15-16-17-18-19-20-21-22-23-24-26-28-30-32-34-59-36-39(62-42(52)33-31-29-27-25-14-12-10-8-6-4-2)37-60-49-48(58)46(56)44(54)41(64-49)38-61-50-47(57)45(55)43(53)40(35-51)63-50/h8,10,39-41,43-51,53-58H,3-7,9,11-38H2,1-2H3/b10-8-. The maximum absolute atomic E-state index is 12.9. The van der Waals surface area contributed by atoms with Crippen LogP contribution in [-0.4, -0.2) is 142 Å². The number of ether oxygens (including phenoxy) is 6. The molecule has 0 radical (unpaired) electrons. The van der Waals surface area contributed by atoms with Crippen LogP contribution in [0.25, 0.3) is 0 Å². The normalized spacial score (nSPS) is 26.8. The Bertz CT molecular complexity index is 1110. The summed E-state index contributed by atoms with van der Waals surface area (Å²) in [5, 5.41) is 72.0. The van der Waals surface area contributed by atoms with E-state index in [2.05, 4.69) is 26.0 Å². The van der Waals surface area contributed by atoms with Gasteiger partial charge in [0.25, 0.3) is 0 Å². The van der Waals surface area contributed by atoms with Crippen LogP contribution in [0.2, 0.25) is 0 Å². The van der Waals surface area contributed by atoms with Gasteiger partial charge in [-0.3, -0.25) is 4.79 Å². The largest absolute Gasteiger partial charge is 0.457 e. The highest BCUT2D eigenvalue weighted by Crippen LogP contribution is 2.26. The second-order valence-electron chi connectivity index (χ2n) is 18.3. The van der Waals surface area contributed by atoms with Gasteiger partial charge in [-0.2, -0.15) is 0 Å². The van der Waals surface area contributed by atoms with Crippen LogP contribution in [0.5, 0.6) is 0 Å². The first-order valence-electron chi connectivity index (χ1n) is 25.8. The van der Waals surface area contributed by atoms with Crippen molar-refractivity contribution < 1.29 is 69.0 Å². The first kappa shape index (κ1) is 58.9. The lowest BCUT2D eigenvalue weighted by Crippen LogP contribution is -2.61. The zero-order valence-electron chi connectivity index (χ0n) is 40.0. The van der Waals surface area contributed by atoms with Crippen molar-refractivity contribution >= 4 is 5.97 Å². The van der Waals surface area contributed by atoms with Crippen molar-refractivity contribution in [2.75, 3.05) is 33.0 Å². The number of carbonyl (C=O) groups is 1. The SMILES string of the molecule is CCC/C=C\CCCCCCCC(=O)OC(COCCCCCCCCCCCCCCCCCCCCCC)COC1OC(COC2OC(CO)C(O)C(O)C2O)C(O)C(O)C1O. The number of rotatable bonds is 41. The van der Waals surface area contributed by atoms with Gasteiger partial charge in [-0.05, 0) is 32.1 Å². The fourth-order valence-electron chi connectivity index (χ4n) is 8.29. The van der Waals surface area contributed by atoms with Gasteiger partial charge in [0.05, 0.1) is 26.4 Å². The smallest absolute Gasteiger partial charge is 0.306 e. The van der Waals surface area contributed by atoms with E-state index < -0.39 is 80.7 Å². The summed E-state index contributed by atoms with van der Waals surface area (Å²) < 4.78 is 34.2. The number of aliphatic hydroxyl groups excluding tert-OH is 7. The molecule has 2 heterocycles. The molecule has 0 aromatic carbocycles. The van der Waals surface area contributed by atoms with Gasteiger partial charge in [0.15, 0.2) is 12.6 Å². The third kappa shape index (κ3) is 26.3. The number of esters is 1. The molecule has 11 atom stereocenters. The lowest BCUT2D eigenvalue weighted by molar-refractivity contribution is -0.332. The molecule has 0 aromatic heterocycles. The van der Waals surface area contributed by atoms with Gasteiger partial charge in [0.1, 0.15) is 54.9 Å². The van der Waals surface area contributed by atoms with Crippen molar-refractivity contribution in [3.63, 3.8) is 0 Å². The minimum Gasteiger partial charge on any atom is -0.457 e. The summed E-state index contributed by atoms with van der Waals surface area (Å²) in [7, 11) is 0. The van der Waals surface area contributed by atoms with Gasteiger partial charge < -0.3 is 64.2 Å². The quantitative estimate of drug-likeness (QED) is 0.0180. The first-order valence-corrected chi connectivity index (χ1v) is 25.8. The molecule has 14 heteroatoms. The van der Waals surface area contributed by atoms with Crippen LogP contribution in [0.3, 0.4) is 0 Å². The highest BCUT2D eigenvalue weighted by atomic mass is 16.7. The van der Waals surface area contributed by atoms with Crippen LogP contribution in [0.15, 0.2) is 12.2 Å². The Kier molecular flexibility index (Phi) is 35.6. The van der Waals surface area contributed by atoms with Gasteiger partial charge in [-0.15, -0.1) is 0 Å². The van der Waals surface area contributed by atoms with Crippen molar-refractivity contribution in [3.8, 4) is 0 Å². The molecule has 2 fully saturated rings.